The van der Waals surface area contributed by atoms with Gasteiger partial charge in [-0.15, -0.1) is 0 Å². The molecule has 16 heteroatoms. The van der Waals surface area contributed by atoms with Crippen molar-refractivity contribution in [1.29, 1.82) is 0 Å². The van der Waals surface area contributed by atoms with Crippen molar-refractivity contribution in [3.05, 3.63) is 96.1 Å². The van der Waals surface area contributed by atoms with E-state index in [2.05, 4.69) is 19.9 Å². The summed E-state index contributed by atoms with van der Waals surface area (Å²) in [7, 11) is -13.9. The Morgan fingerprint density at radius 2 is 1.57 bits per heavy atom. The molecule has 0 saturated heterocycles. The van der Waals surface area contributed by atoms with Crippen molar-refractivity contribution in [2.75, 3.05) is 32.5 Å². The van der Waals surface area contributed by atoms with Crippen LogP contribution in [0.1, 0.15) is 63.7 Å². The minimum Gasteiger partial charge on any atom is -0.790 e. The average Bonchev–Trinajstić information content (AvgIpc) is 3.10. The van der Waals surface area contributed by atoms with Crippen LogP contribution in [-0.4, -0.2) is 101 Å². The van der Waals surface area contributed by atoms with Crippen LogP contribution in [-0.2, 0) is 28.6 Å². The molecule has 3 aromatic rings. The molecule has 0 spiro atoms. The third kappa shape index (κ3) is 13.6. The van der Waals surface area contributed by atoms with Crippen molar-refractivity contribution in [2.45, 2.75) is 55.9 Å². The van der Waals surface area contributed by atoms with E-state index in [-0.39, 0.29) is 62.8 Å². The third-order valence-corrected chi connectivity index (χ3v) is 9.57. The Hall–Kier alpha value is -2.52. The van der Waals surface area contributed by atoms with Crippen LogP contribution in [0.2, 0.25) is 0 Å². The Kier molecular flexibility index (Phi) is 12.1. The summed E-state index contributed by atoms with van der Waals surface area (Å²) in [5, 5.41) is 4.95. The van der Waals surface area contributed by atoms with E-state index < -0.39 is 99.0 Å². The summed E-state index contributed by atoms with van der Waals surface area (Å²) in [6.07, 6.45) is -1.99. The van der Waals surface area contributed by atoms with Gasteiger partial charge in [-0.05, 0) is 54.1 Å². The molecule has 0 aliphatic rings. The summed E-state index contributed by atoms with van der Waals surface area (Å²) in [6, 6.07) is 18.1. The van der Waals surface area contributed by atoms with Gasteiger partial charge in [-0.3, -0.25) is 4.79 Å². The number of carbonyl (C=O) groups excluding carboxylic acids is 2. The summed E-state index contributed by atoms with van der Waals surface area (Å²) in [5.74, 6) is -5.15. The second kappa shape index (κ2) is 20.4. The van der Waals surface area contributed by atoms with Gasteiger partial charge in [-0.1, -0.05) is 80.8 Å². The predicted octanol–water partition coefficient (Wildman–Crippen LogP) is 2.59. The molecule has 3 rings (SSSR count). The first kappa shape index (κ1) is 29.1. The van der Waals surface area contributed by atoms with Crippen molar-refractivity contribution in [3.8, 4) is 0 Å². The van der Waals surface area contributed by atoms with E-state index in [0.29, 0.717) is 15.4 Å². The van der Waals surface area contributed by atoms with Crippen LogP contribution in [0, 0.1) is 5.89 Å². The number of phosphoric acid groups is 1. The Morgan fingerprint density at radius 1 is 0.980 bits per heavy atom. The smallest absolute Gasteiger partial charge is 0.790 e. The molecule has 2 amide bonds. The number of phosphoric ester groups is 1. The molecule has 0 unspecified atom stereocenters. The van der Waals surface area contributed by atoms with Gasteiger partial charge in [-0.25, -0.2) is 13.2 Å². The maximum Gasteiger partial charge on any atom is 2.00 e. The average molecular weight is 753 g/mol. The minimum atomic E-state index is -5.80. The van der Waals surface area contributed by atoms with Gasteiger partial charge in [0.15, 0.2) is 0 Å². The molecule has 0 aliphatic carbocycles. The number of ether oxygens (including phenoxy) is 1. The van der Waals surface area contributed by atoms with Crippen molar-refractivity contribution < 1.29 is 55.3 Å². The summed E-state index contributed by atoms with van der Waals surface area (Å²) < 4.78 is 127. The molecule has 0 heterocycles. The third-order valence-electron chi connectivity index (χ3n) is 7.20. The number of nitrogen functional groups attached to an aromatic ring is 1. The van der Waals surface area contributed by atoms with Gasteiger partial charge in [0.1, 0.15) is 6.04 Å². The molecule has 0 aromatic heterocycles. The molecule has 0 bridgehead atoms. The Balaban J connectivity index is 0.0000120. The molecular formula is C33H43CaN4O9PS. The number of hydrogen-bond acceptors (Lipinski definition) is 10. The number of anilines is 1. The number of sulfonamides is 1. The molecule has 0 fully saturated rings. The van der Waals surface area contributed by atoms with Gasteiger partial charge in [0.05, 0.1) is 30.5 Å². The van der Waals surface area contributed by atoms with Gasteiger partial charge in [0.2, 0.25) is 15.9 Å². The Labute approximate surface area is 332 Å². The fourth-order valence-electron chi connectivity index (χ4n) is 5.01. The van der Waals surface area contributed by atoms with Gasteiger partial charge >= 0.3 is 43.8 Å². The molecule has 0 saturated carbocycles. The number of carbonyl (C=O) groups is 2. The predicted molar refractivity (Wildman–Crippen MR) is 184 cm³/mol. The van der Waals surface area contributed by atoms with E-state index in [1.165, 1.54) is 12.1 Å². The van der Waals surface area contributed by atoms with E-state index in [4.69, 9.17) is 19.4 Å². The molecule has 0 aliphatic heterocycles. The Morgan fingerprint density at radius 3 is 2.10 bits per heavy atom. The Bertz CT molecular complexity index is 1930. The van der Waals surface area contributed by atoms with E-state index in [1.807, 2.05) is 0 Å². The van der Waals surface area contributed by atoms with Crippen LogP contribution in [0.5, 0.6) is 0 Å². The van der Waals surface area contributed by atoms with E-state index in [9.17, 15) is 32.4 Å². The maximum absolute atomic E-state index is 14.1. The number of nitrogens with zero attached hydrogens (tertiary/aromatic N) is 1. The number of rotatable bonds is 18. The van der Waals surface area contributed by atoms with Gasteiger partial charge in [0.25, 0.3) is 0 Å². The summed E-state index contributed by atoms with van der Waals surface area (Å²) in [5.41, 5.74) is 6.92. The fourth-order valence-corrected chi connectivity index (χ4v) is 6.97. The molecular weight excluding hydrogens is 700 g/mol. The number of amides is 2. The van der Waals surface area contributed by atoms with Crippen LogP contribution < -0.4 is 26.2 Å². The first-order valence-electron chi connectivity index (χ1n) is 19.6. The number of nitrogens with two attached hydrogens (primary N) is 1. The van der Waals surface area contributed by atoms with E-state index in [1.54, 1.807) is 60.7 Å². The number of nitrogens with one attached hydrogen (secondary N) is 2. The zero-order valence-electron chi connectivity index (χ0n) is 36.3. The molecule has 4 N–H and O–H groups in total. The topological polar surface area (TPSA) is 203 Å². The number of alkyl carbamates (subject to hydrolysis) is 1. The van der Waals surface area contributed by atoms with Crippen LogP contribution >= 0.6 is 7.82 Å². The largest absolute Gasteiger partial charge is 2.00 e. The first-order valence-corrected chi connectivity index (χ1v) is 17.5. The number of hydrogen-bond donors (Lipinski definition) is 3. The van der Waals surface area contributed by atoms with Gasteiger partial charge in [0, 0.05) is 40.3 Å². The van der Waals surface area contributed by atoms with Crippen LogP contribution in [0.15, 0.2) is 89.8 Å². The van der Waals surface area contributed by atoms with Gasteiger partial charge in [-0.2, -0.15) is 4.31 Å². The minimum absolute atomic E-state index is 0. The SMILES string of the molecule is [2H]C([2H])([2H])OC(=O)N[C@H](C(=O)NCCCC[C@@H](COP(=O)([O-])[O-])N(CC([2H])(C([2H])([2H])[2H])C([2H])([2H])[2H])S(=O)(=O)c1ccc(N)cc1)C(c1ccccc1)c1ccccc1.[Ca+2]. The van der Waals surface area contributed by atoms with E-state index in [0.717, 1.165) is 12.1 Å². The fraction of sp³-hybridized carbons (Fsp3) is 0.394. The van der Waals surface area contributed by atoms with Crippen molar-refractivity contribution in [3.63, 3.8) is 0 Å². The molecule has 3 aromatic carbocycles. The summed E-state index contributed by atoms with van der Waals surface area (Å²) >= 11 is 0. The van der Waals surface area contributed by atoms with Crippen LogP contribution in [0.4, 0.5) is 10.5 Å². The monoisotopic (exact) mass is 752 g/mol. The second-order valence-corrected chi connectivity index (χ2v) is 13.6. The number of unbranched alkanes of at least 4 members (excludes halogenated alkanes) is 1. The number of methoxy groups -OCH3 is 1. The zero-order valence-corrected chi connectivity index (χ0v) is 30.2. The first-order chi connectivity index (χ1) is 26.7. The zero-order chi connectivity index (χ0) is 43.7. The molecule has 2 atom stereocenters. The number of benzene rings is 3. The van der Waals surface area contributed by atoms with Crippen molar-refractivity contribution >= 4 is 73.3 Å². The molecule has 49 heavy (non-hydrogen) atoms. The quantitative estimate of drug-likeness (QED) is 0.0750. The van der Waals surface area contributed by atoms with Crippen molar-refractivity contribution in [1.82, 2.24) is 14.9 Å². The van der Waals surface area contributed by atoms with Crippen molar-refractivity contribution in [2.24, 2.45) is 5.89 Å². The maximum atomic E-state index is 14.1. The van der Waals surface area contributed by atoms with E-state index >= 15 is 0 Å². The normalized spacial score (nSPS) is 17.1. The standard InChI is InChI=1S/C33H45N4O9PS.Ca/c1-24(2)22-37(48(43,44)29-19-17-27(34)18-20-29)28(23-46-47(40,41)42)16-10-11-21-35-32(38)31(36-33(39)45-3)30(25-12-6-4-7-13-25)26-14-8-5-9-15-26;/h4-9,12-15,17-20,24,28,30-31H,10-11,16,21-23,34H2,1-3H3,(H,35,38)(H,36,39)(H2,40,41,42);/q;+2/p-2/t28-,31-;/m0./s1/i1D3,2D3,3D3,24D;. The molecule has 13 nitrogen and oxygen atoms in total. The second-order valence-electron chi connectivity index (χ2n) is 10.6. The van der Waals surface area contributed by atoms with Crippen LogP contribution in [0.3, 0.4) is 0 Å². The summed E-state index contributed by atoms with van der Waals surface area (Å²) in [6.45, 7) is -10.2. The molecule has 0 radical (unpaired) electrons. The summed E-state index contributed by atoms with van der Waals surface area (Å²) in [4.78, 5) is 49.2. The van der Waals surface area contributed by atoms with Gasteiger partial charge < -0.3 is 40.0 Å². The molecule has 262 valence electrons. The van der Waals surface area contributed by atoms with Crippen LogP contribution in [0.25, 0.3) is 0 Å².